The maximum absolute atomic E-state index is 14.3. The van der Waals surface area contributed by atoms with E-state index in [0.29, 0.717) is 24.0 Å². The molecule has 0 heterocycles. The Morgan fingerprint density at radius 1 is 1.02 bits per heavy atom. The van der Waals surface area contributed by atoms with E-state index >= 15 is 0 Å². The fourth-order valence-electron chi connectivity index (χ4n) is 9.09. The van der Waals surface area contributed by atoms with Crippen molar-refractivity contribution in [2.75, 3.05) is 6.61 Å². The number of benzene rings is 2. The molecule has 2 nitrogen and oxygen atoms in total. The largest absolute Gasteiger partial charge is 0.392 e. The van der Waals surface area contributed by atoms with Crippen molar-refractivity contribution in [1.82, 2.24) is 0 Å². The van der Waals surface area contributed by atoms with Gasteiger partial charge in [-0.3, -0.25) is 4.79 Å². The van der Waals surface area contributed by atoms with Gasteiger partial charge in [0.25, 0.3) is 0 Å². The number of aliphatic hydroxyl groups is 1. The van der Waals surface area contributed by atoms with Crippen molar-refractivity contribution in [3.63, 3.8) is 0 Å². The highest BCUT2D eigenvalue weighted by Crippen LogP contribution is 2.59. The zero-order valence-corrected chi connectivity index (χ0v) is 26.6. The Hall–Kier alpha value is -2.75. The van der Waals surface area contributed by atoms with Crippen LogP contribution in [0.2, 0.25) is 10.6 Å². The molecule has 3 aliphatic rings. The van der Waals surface area contributed by atoms with Crippen LogP contribution in [0, 0.1) is 17.3 Å². The topological polar surface area (TPSA) is 37.3 Å². The zero-order chi connectivity index (χ0) is 29.4. The number of fused-ring (bicyclic) bond motifs is 1. The smallest absolute Gasteiger partial charge is 0.138 e. The Kier molecular flexibility index (Phi) is 8.34. The van der Waals surface area contributed by atoms with Gasteiger partial charge in [-0.05, 0) is 72.0 Å². The highest BCUT2D eigenvalue weighted by Gasteiger charge is 2.56. The second-order valence-corrected chi connectivity index (χ2v) is 19.1. The van der Waals surface area contributed by atoms with E-state index < -0.39 is 8.07 Å². The molecular weight excluding hydrogens is 517 g/mol. The first-order chi connectivity index (χ1) is 19.5. The quantitative estimate of drug-likeness (QED) is 0.285. The summed E-state index contributed by atoms with van der Waals surface area (Å²) in [6.45, 7) is 18.3. The molecule has 1 N–H and O–H groups in total. The molecule has 2 aromatic carbocycles. The fraction of sp³-hybridized carbons (Fsp3) is 0.447. The summed E-state index contributed by atoms with van der Waals surface area (Å²) in [6.07, 6.45) is 11.5. The maximum atomic E-state index is 14.3. The summed E-state index contributed by atoms with van der Waals surface area (Å²) >= 11 is 0. The number of hydrogen-bond acceptors (Lipinski definition) is 2. The van der Waals surface area contributed by atoms with Crippen LogP contribution < -0.4 is 10.4 Å². The minimum Gasteiger partial charge on any atom is -0.392 e. The molecule has 41 heavy (non-hydrogen) atoms. The van der Waals surface area contributed by atoms with Crippen LogP contribution in [0.4, 0.5) is 0 Å². The van der Waals surface area contributed by atoms with Crippen molar-refractivity contribution >= 4 is 24.2 Å². The van der Waals surface area contributed by atoms with Crippen molar-refractivity contribution in [3.05, 3.63) is 108 Å². The molecule has 3 saturated carbocycles. The Bertz CT molecular complexity index is 1320. The normalized spacial score (nSPS) is 29.1. The van der Waals surface area contributed by atoms with Gasteiger partial charge in [-0.2, -0.15) is 0 Å². The molecule has 2 aromatic rings. The summed E-state index contributed by atoms with van der Waals surface area (Å²) in [6, 6.07) is 21.7. The van der Waals surface area contributed by atoms with Crippen LogP contribution in [0.15, 0.2) is 108 Å². The number of allylic oxidation sites excluding steroid dienone is 5. The van der Waals surface area contributed by atoms with Gasteiger partial charge >= 0.3 is 0 Å². The van der Waals surface area contributed by atoms with E-state index in [1.165, 1.54) is 28.8 Å². The lowest BCUT2D eigenvalue weighted by Gasteiger charge is -2.50. The molecule has 3 fully saturated rings. The van der Waals surface area contributed by atoms with Crippen LogP contribution in [0.25, 0.3) is 0 Å². The number of carbonyl (C=O) groups is 1. The van der Waals surface area contributed by atoms with E-state index in [1.807, 2.05) is 0 Å². The molecule has 0 aliphatic heterocycles. The van der Waals surface area contributed by atoms with Crippen molar-refractivity contribution in [1.29, 1.82) is 0 Å². The Balaban J connectivity index is 1.48. The standard InChI is InChI=1S/C38H48O2Si/c1-27-24-36(41(37(3,4)5,31-15-9-7-10-16-31)32-17-11-8-12-18-32)35(40)25-30(27)20-19-29-14-13-23-38(6)33(28(2)26-39)21-22-34(29)38/h7-12,15-20,33-34,36,39H,1-2,13-14,21-26H2,3-6H3/t33-,34+,36?,38-/m1/s1. The number of aliphatic hydroxyl groups excluding tert-OH is 1. The van der Waals surface area contributed by atoms with Crippen molar-refractivity contribution in [2.45, 2.75) is 83.2 Å². The van der Waals surface area contributed by atoms with E-state index in [9.17, 15) is 9.90 Å². The summed E-state index contributed by atoms with van der Waals surface area (Å²) in [4.78, 5) is 14.3. The summed E-state index contributed by atoms with van der Waals surface area (Å²) in [7, 11) is -2.57. The van der Waals surface area contributed by atoms with Gasteiger partial charge in [-0.1, -0.05) is 135 Å². The minimum absolute atomic E-state index is 0.0531. The lowest BCUT2D eigenvalue weighted by atomic mass is 9.62. The van der Waals surface area contributed by atoms with Crippen LogP contribution in [0.1, 0.15) is 72.6 Å². The zero-order valence-electron chi connectivity index (χ0n) is 25.6. The van der Waals surface area contributed by atoms with Gasteiger partial charge in [0.15, 0.2) is 0 Å². The predicted molar refractivity (Wildman–Crippen MR) is 175 cm³/mol. The van der Waals surface area contributed by atoms with E-state index in [-0.39, 0.29) is 22.6 Å². The van der Waals surface area contributed by atoms with Gasteiger partial charge in [0.2, 0.25) is 0 Å². The summed E-state index contributed by atoms with van der Waals surface area (Å²) in [5, 5.41) is 12.4. The van der Waals surface area contributed by atoms with Gasteiger partial charge in [-0.15, -0.1) is 0 Å². The molecule has 0 radical (unpaired) electrons. The molecule has 3 aliphatic carbocycles. The molecule has 0 saturated heterocycles. The molecule has 5 rings (SSSR count). The molecule has 0 spiro atoms. The molecule has 3 heteroatoms. The van der Waals surface area contributed by atoms with Crippen molar-refractivity contribution < 1.29 is 9.90 Å². The number of rotatable bonds is 6. The molecule has 0 aromatic heterocycles. The van der Waals surface area contributed by atoms with Crippen LogP contribution in [0.3, 0.4) is 0 Å². The van der Waals surface area contributed by atoms with Gasteiger partial charge < -0.3 is 5.11 Å². The first-order valence-electron chi connectivity index (χ1n) is 15.5. The number of carbonyl (C=O) groups excluding carboxylic acids is 1. The Morgan fingerprint density at radius 3 is 2.20 bits per heavy atom. The second-order valence-electron chi connectivity index (χ2n) is 14.1. The predicted octanol–water partition coefficient (Wildman–Crippen LogP) is 7.96. The number of hydrogen-bond donors (Lipinski definition) is 1. The van der Waals surface area contributed by atoms with Crippen molar-refractivity contribution in [3.8, 4) is 0 Å². The molecule has 1 unspecified atom stereocenters. The molecule has 216 valence electrons. The third-order valence-electron chi connectivity index (χ3n) is 11.0. The SMILES string of the molecule is C=C1CC([Si](c2ccccc2)(c2ccccc2)C(C)(C)C)C(=O)CC1=CC=C1CCC[C@]2(C)[C@@H](C(=C)CO)CC[C@@H]12. The molecular formula is C38H48O2Si. The first-order valence-corrected chi connectivity index (χ1v) is 17.6. The lowest BCUT2D eigenvalue weighted by Crippen LogP contribution is -2.68. The summed E-state index contributed by atoms with van der Waals surface area (Å²) < 4.78 is 0. The van der Waals surface area contributed by atoms with Gasteiger partial charge in [0, 0.05) is 12.0 Å². The van der Waals surface area contributed by atoms with E-state index in [1.54, 1.807) is 0 Å². The molecule has 0 bridgehead atoms. The average molecular weight is 565 g/mol. The number of ketones is 1. The van der Waals surface area contributed by atoms with Gasteiger partial charge in [0.1, 0.15) is 13.9 Å². The minimum atomic E-state index is -2.57. The van der Waals surface area contributed by atoms with Crippen LogP contribution in [-0.2, 0) is 4.79 Å². The number of Topliss-reactive ketones (excluding diaryl/α,β-unsaturated/α-hetero) is 1. The second kappa shape index (κ2) is 11.5. The highest BCUT2D eigenvalue weighted by molar-refractivity contribution is 7.07. The first kappa shape index (κ1) is 29.7. The van der Waals surface area contributed by atoms with Gasteiger partial charge in [-0.25, -0.2) is 0 Å². The van der Waals surface area contributed by atoms with E-state index in [4.69, 9.17) is 0 Å². The Labute approximate surface area is 249 Å². The Morgan fingerprint density at radius 2 is 1.63 bits per heavy atom. The summed E-state index contributed by atoms with van der Waals surface area (Å²) in [5.74, 6) is 1.29. The van der Waals surface area contributed by atoms with Crippen LogP contribution >= 0.6 is 0 Å². The van der Waals surface area contributed by atoms with Crippen LogP contribution in [0.5, 0.6) is 0 Å². The van der Waals surface area contributed by atoms with Crippen LogP contribution in [-0.4, -0.2) is 25.6 Å². The average Bonchev–Trinajstić information content (AvgIpc) is 3.32. The van der Waals surface area contributed by atoms with E-state index in [2.05, 4.69) is 114 Å². The third kappa shape index (κ3) is 5.10. The maximum Gasteiger partial charge on any atom is 0.138 e. The monoisotopic (exact) mass is 564 g/mol. The van der Waals surface area contributed by atoms with E-state index in [0.717, 1.165) is 42.4 Å². The fourth-order valence-corrected chi connectivity index (χ4v) is 15.6. The lowest BCUT2D eigenvalue weighted by molar-refractivity contribution is -0.118. The highest BCUT2D eigenvalue weighted by atomic mass is 28.3. The third-order valence-corrected chi connectivity index (χ3v) is 17.4. The molecule has 0 amide bonds. The van der Waals surface area contributed by atoms with Crippen molar-refractivity contribution in [2.24, 2.45) is 17.3 Å². The van der Waals surface area contributed by atoms with Gasteiger partial charge in [0.05, 0.1) is 6.61 Å². The molecule has 4 atom stereocenters. The summed E-state index contributed by atoms with van der Waals surface area (Å²) in [5.41, 5.74) is 4.86.